The SMILES string of the molecule is COc1c(Br)cc2c3ccccc3n(C(C)(C)C)c2c1-c1ccccn1. The highest BCUT2D eigenvalue weighted by molar-refractivity contribution is 9.10. The predicted octanol–water partition coefficient (Wildman–Crippen LogP) is 6.38. The molecule has 0 unspecified atom stereocenters. The standard InChI is InChI=1S/C22H21BrN2O/c1-22(2,3)25-18-11-6-5-9-14(18)15-13-16(23)21(26-4)19(20(15)25)17-10-7-8-12-24-17/h5-13H,1-4H3. The highest BCUT2D eigenvalue weighted by atomic mass is 79.9. The van der Waals surface area contributed by atoms with Crippen LogP contribution in [-0.2, 0) is 5.54 Å². The van der Waals surface area contributed by atoms with Crippen LogP contribution in [0.25, 0.3) is 33.1 Å². The molecule has 26 heavy (non-hydrogen) atoms. The molecular weight excluding hydrogens is 388 g/mol. The fourth-order valence-electron chi connectivity index (χ4n) is 3.72. The summed E-state index contributed by atoms with van der Waals surface area (Å²) in [7, 11) is 1.71. The van der Waals surface area contributed by atoms with E-state index >= 15 is 0 Å². The average molecular weight is 409 g/mol. The van der Waals surface area contributed by atoms with Gasteiger partial charge in [0.15, 0.2) is 0 Å². The number of ether oxygens (including phenoxy) is 1. The van der Waals surface area contributed by atoms with Crippen LogP contribution in [0.3, 0.4) is 0 Å². The Hall–Kier alpha value is -2.33. The van der Waals surface area contributed by atoms with Gasteiger partial charge in [-0.05, 0) is 61.0 Å². The van der Waals surface area contributed by atoms with E-state index in [1.807, 2.05) is 24.4 Å². The van der Waals surface area contributed by atoms with E-state index in [4.69, 9.17) is 4.74 Å². The third kappa shape index (κ3) is 2.52. The van der Waals surface area contributed by atoms with E-state index in [2.05, 4.69) is 76.6 Å². The second-order valence-electron chi connectivity index (χ2n) is 7.40. The predicted molar refractivity (Wildman–Crippen MR) is 112 cm³/mol. The number of nitrogens with zero attached hydrogens (tertiary/aromatic N) is 2. The highest BCUT2D eigenvalue weighted by Crippen LogP contribution is 2.46. The minimum absolute atomic E-state index is 0.0935. The molecule has 0 bridgehead atoms. The summed E-state index contributed by atoms with van der Waals surface area (Å²) in [6.07, 6.45) is 1.82. The molecule has 2 aromatic carbocycles. The topological polar surface area (TPSA) is 27.1 Å². The fourth-order valence-corrected chi connectivity index (χ4v) is 4.31. The normalized spacial score (nSPS) is 12.0. The number of halogens is 1. The molecule has 132 valence electrons. The fraction of sp³-hybridized carbons (Fsp3) is 0.227. The first-order chi connectivity index (χ1) is 12.4. The Morgan fingerprint density at radius 3 is 2.38 bits per heavy atom. The number of pyridine rings is 1. The Bertz CT molecular complexity index is 1110. The van der Waals surface area contributed by atoms with E-state index in [-0.39, 0.29) is 5.54 Å². The lowest BCUT2D eigenvalue weighted by molar-refractivity contribution is 0.410. The van der Waals surface area contributed by atoms with Gasteiger partial charge >= 0.3 is 0 Å². The van der Waals surface area contributed by atoms with Crippen molar-refractivity contribution in [3.05, 3.63) is 59.2 Å². The van der Waals surface area contributed by atoms with Crippen LogP contribution in [0.15, 0.2) is 59.2 Å². The minimum atomic E-state index is -0.0935. The number of para-hydroxylation sites is 1. The lowest BCUT2D eigenvalue weighted by Gasteiger charge is -2.26. The zero-order valence-corrected chi connectivity index (χ0v) is 17.0. The van der Waals surface area contributed by atoms with Crippen molar-refractivity contribution < 1.29 is 4.74 Å². The van der Waals surface area contributed by atoms with Crippen LogP contribution < -0.4 is 4.74 Å². The summed E-state index contributed by atoms with van der Waals surface area (Å²) in [4.78, 5) is 4.63. The molecule has 4 aromatic rings. The van der Waals surface area contributed by atoms with Crippen molar-refractivity contribution >= 4 is 37.7 Å². The molecule has 0 aliphatic rings. The molecule has 4 rings (SSSR count). The van der Waals surface area contributed by atoms with Gasteiger partial charge in [0, 0.05) is 28.0 Å². The number of rotatable bonds is 2. The minimum Gasteiger partial charge on any atom is -0.495 e. The molecular formula is C22H21BrN2O. The molecule has 4 heteroatoms. The van der Waals surface area contributed by atoms with Crippen LogP contribution in [0.4, 0.5) is 0 Å². The van der Waals surface area contributed by atoms with Gasteiger partial charge in [-0.15, -0.1) is 0 Å². The maximum absolute atomic E-state index is 5.80. The summed E-state index contributed by atoms with van der Waals surface area (Å²) in [5.41, 5.74) is 4.20. The summed E-state index contributed by atoms with van der Waals surface area (Å²) in [5, 5.41) is 2.43. The van der Waals surface area contributed by atoms with Gasteiger partial charge < -0.3 is 9.30 Å². The number of hydrogen-bond donors (Lipinski definition) is 0. The van der Waals surface area contributed by atoms with E-state index in [0.717, 1.165) is 27.0 Å². The maximum atomic E-state index is 5.80. The molecule has 0 amide bonds. The third-order valence-electron chi connectivity index (χ3n) is 4.66. The molecule has 2 heterocycles. The molecule has 0 aliphatic carbocycles. The van der Waals surface area contributed by atoms with Crippen LogP contribution in [0.2, 0.25) is 0 Å². The van der Waals surface area contributed by atoms with Crippen molar-refractivity contribution in [2.45, 2.75) is 26.3 Å². The first kappa shape index (κ1) is 17.1. The van der Waals surface area contributed by atoms with Gasteiger partial charge in [0.1, 0.15) is 5.75 Å². The maximum Gasteiger partial charge on any atom is 0.144 e. The Morgan fingerprint density at radius 2 is 1.73 bits per heavy atom. The van der Waals surface area contributed by atoms with Gasteiger partial charge in [-0.1, -0.05) is 24.3 Å². The van der Waals surface area contributed by atoms with Gasteiger partial charge in [-0.25, -0.2) is 0 Å². The smallest absolute Gasteiger partial charge is 0.144 e. The molecule has 0 saturated heterocycles. The molecule has 0 fully saturated rings. The molecule has 0 atom stereocenters. The van der Waals surface area contributed by atoms with E-state index in [1.165, 1.54) is 16.3 Å². The monoisotopic (exact) mass is 408 g/mol. The molecule has 0 N–H and O–H groups in total. The first-order valence-electron chi connectivity index (χ1n) is 8.65. The molecule has 0 radical (unpaired) electrons. The lowest BCUT2D eigenvalue weighted by atomic mass is 10.0. The lowest BCUT2D eigenvalue weighted by Crippen LogP contribution is -2.21. The summed E-state index contributed by atoms with van der Waals surface area (Å²) in [6.45, 7) is 6.70. The number of benzene rings is 2. The number of methoxy groups -OCH3 is 1. The van der Waals surface area contributed by atoms with Crippen molar-refractivity contribution in [2.24, 2.45) is 0 Å². The summed E-state index contributed by atoms with van der Waals surface area (Å²) in [5.74, 6) is 0.810. The van der Waals surface area contributed by atoms with E-state index < -0.39 is 0 Å². The largest absolute Gasteiger partial charge is 0.495 e. The molecule has 2 aromatic heterocycles. The first-order valence-corrected chi connectivity index (χ1v) is 9.44. The summed E-state index contributed by atoms with van der Waals surface area (Å²) in [6, 6.07) is 16.7. The van der Waals surface area contributed by atoms with Crippen LogP contribution in [0, 0.1) is 0 Å². The summed E-state index contributed by atoms with van der Waals surface area (Å²) < 4.78 is 9.14. The van der Waals surface area contributed by atoms with Crippen LogP contribution in [0.1, 0.15) is 20.8 Å². The van der Waals surface area contributed by atoms with Crippen LogP contribution in [0.5, 0.6) is 5.75 Å². The quantitative estimate of drug-likeness (QED) is 0.384. The van der Waals surface area contributed by atoms with Crippen molar-refractivity contribution in [1.82, 2.24) is 9.55 Å². The van der Waals surface area contributed by atoms with Crippen molar-refractivity contribution in [3.63, 3.8) is 0 Å². The molecule has 0 spiro atoms. The molecule has 0 saturated carbocycles. The van der Waals surface area contributed by atoms with Crippen molar-refractivity contribution in [1.29, 1.82) is 0 Å². The Balaban J connectivity index is 2.32. The Morgan fingerprint density at radius 1 is 1.00 bits per heavy atom. The van der Waals surface area contributed by atoms with Crippen LogP contribution in [-0.4, -0.2) is 16.7 Å². The zero-order chi connectivity index (χ0) is 18.5. The van der Waals surface area contributed by atoms with Gasteiger partial charge in [0.05, 0.1) is 28.4 Å². The van der Waals surface area contributed by atoms with Crippen molar-refractivity contribution in [3.8, 4) is 17.0 Å². The number of aromatic nitrogens is 2. The zero-order valence-electron chi connectivity index (χ0n) is 15.4. The second kappa shape index (κ2) is 6.13. The Labute approximate surface area is 161 Å². The van der Waals surface area contributed by atoms with E-state index in [1.54, 1.807) is 7.11 Å². The van der Waals surface area contributed by atoms with Gasteiger partial charge in [0.25, 0.3) is 0 Å². The third-order valence-corrected chi connectivity index (χ3v) is 5.25. The number of fused-ring (bicyclic) bond motifs is 3. The number of hydrogen-bond acceptors (Lipinski definition) is 2. The van der Waals surface area contributed by atoms with Gasteiger partial charge in [-0.3, -0.25) is 4.98 Å². The van der Waals surface area contributed by atoms with E-state index in [9.17, 15) is 0 Å². The van der Waals surface area contributed by atoms with Crippen molar-refractivity contribution in [2.75, 3.05) is 7.11 Å². The summed E-state index contributed by atoms with van der Waals surface area (Å²) >= 11 is 3.71. The highest BCUT2D eigenvalue weighted by Gasteiger charge is 2.26. The molecule has 3 nitrogen and oxygen atoms in total. The van der Waals surface area contributed by atoms with E-state index in [0.29, 0.717) is 0 Å². The van der Waals surface area contributed by atoms with Crippen LogP contribution >= 0.6 is 15.9 Å². The van der Waals surface area contributed by atoms with Gasteiger partial charge in [-0.2, -0.15) is 0 Å². The Kier molecular flexibility index (Phi) is 4.03. The van der Waals surface area contributed by atoms with Gasteiger partial charge in [0.2, 0.25) is 0 Å². The average Bonchev–Trinajstić information content (AvgIpc) is 2.95. The molecule has 0 aliphatic heterocycles. The second-order valence-corrected chi connectivity index (χ2v) is 8.26.